The molecule has 0 saturated heterocycles. The average molecular weight is 479 g/mol. The van der Waals surface area contributed by atoms with Crippen molar-refractivity contribution < 1.29 is 19.1 Å². The molecule has 1 aromatic carbocycles. The topological polar surface area (TPSA) is 88.2 Å². The third-order valence-electron chi connectivity index (χ3n) is 5.47. The number of thiophene rings is 1. The lowest BCUT2D eigenvalue weighted by molar-refractivity contribution is 0.0462. The third-order valence-corrected chi connectivity index (χ3v) is 6.34. The van der Waals surface area contributed by atoms with Crippen LogP contribution in [-0.4, -0.2) is 51.4 Å². The van der Waals surface area contributed by atoms with Crippen molar-refractivity contribution in [1.82, 2.24) is 19.3 Å². The molecular formula is C25H26N4O4S. The summed E-state index contributed by atoms with van der Waals surface area (Å²) in [6, 6.07) is 15.1. The number of aryl methyl sites for hydroxylation is 1. The van der Waals surface area contributed by atoms with E-state index in [-0.39, 0.29) is 18.2 Å². The summed E-state index contributed by atoms with van der Waals surface area (Å²) in [6.07, 6.45) is 0.845. The molecule has 0 aliphatic carbocycles. The predicted octanol–water partition coefficient (Wildman–Crippen LogP) is 4.49. The van der Waals surface area contributed by atoms with E-state index in [1.165, 1.54) is 11.3 Å². The molecule has 0 atom stereocenters. The minimum atomic E-state index is -0.741. The lowest BCUT2D eigenvalue weighted by Crippen LogP contribution is -2.16. The second-order valence-corrected chi connectivity index (χ2v) is 8.71. The Morgan fingerprint density at radius 2 is 1.88 bits per heavy atom. The van der Waals surface area contributed by atoms with Crippen molar-refractivity contribution in [2.24, 2.45) is 0 Å². The third kappa shape index (κ3) is 5.00. The lowest BCUT2D eigenvalue weighted by atomic mass is 10.1. The highest BCUT2D eigenvalue weighted by molar-refractivity contribution is 7.13. The van der Waals surface area contributed by atoms with Gasteiger partial charge in [0.05, 0.1) is 10.6 Å². The van der Waals surface area contributed by atoms with Crippen molar-refractivity contribution in [3.05, 3.63) is 76.7 Å². The summed E-state index contributed by atoms with van der Waals surface area (Å²) in [5.74, 6) is -0.556. The zero-order chi connectivity index (χ0) is 24.1. The molecule has 0 amide bonds. The molecule has 176 valence electrons. The summed E-state index contributed by atoms with van der Waals surface area (Å²) >= 11 is 1.50. The number of esters is 1. The monoisotopic (exact) mass is 478 g/mol. The molecule has 3 heterocycles. The van der Waals surface area contributed by atoms with Gasteiger partial charge in [-0.15, -0.1) is 16.4 Å². The number of aromatic nitrogens is 4. The highest BCUT2D eigenvalue weighted by Crippen LogP contribution is 2.25. The molecule has 0 saturated carbocycles. The highest BCUT2D eigenvalue weighted by Gasteiger charge is 2.23. The predicted molar refractivity (Wildman–Crippen MR) is 130 cm³/mol. The summed E-state index contributed by atoms with van der Waals surface area (Å²) in [7, 11) is 1.67. The van der Waals surface area contributed by atoms with E-state index in [0.29, 0.717) is 18.0 Å². The van der Waals surface area contributed by atoms with Crippen LogP contribution < -0.4 is 0 Å². The normalized spacial score (nSPS) is 11.0. The fraction of sp³-hybridized carbons (Fsp3) is 0.280. The van der Waals surface area contributed by atoms with E-state index >= 15 is 0 Å². The van der Waals surface area contributed by atoms with Gasteiger partial charge in [-0.3, -0.25) is 4.79 Å². The summed E-state index contributed by atoms with van der Waals surface area (Å²) in [6.45, 7) is 4.87. The molecule has 9 heteroatoms. The number of hydrogen-bond donors (Lipinski definition) is 0. The van der Waals surface area contributed by atoms with E-state index in [9.17, 15) is 9.59 Å². The molecule has 0 spiro atoms. The van der Waals surface area contributed by atoms with Gasteiger partial charge in [-0.25, -0.2) is 9.48 Å². The quantitative estimate of drug-likeness (QED) is 0.190. The Kier molecular flexibility index (Phi) is 7.34. The fourth-order valence-electron chi connectivity index (χ4n) is 3.78. The van der Waals surface area contributed by atoms with Crippen LogP contribution in [0.5, 0.6) is 0 Å². The van der Waals surface area contributed by atoms with Crippen LogP contribution in [0.3, 0.4) is 0 Å². The van der Waals surface area contributed by atoms with Crippen molar-refractivity contribution in [2.45, 2.75) is 26.8 Å². The number of ketones is 1. The van der Waals surface area contributed by atoms with Gasteiger partial charge in [-0.2, -0.15) is 4.98 Å². The number of nitrogens with zero attached hydrogens (tertiary/aromatic N) is 4. The van der Waals surface area contributed by atoms with Crippen molar-refractivity contribution in [1.29, 1.82) is 0 Å². The zero-order valence-electron chi connectivity index (χ0n) is 19.4. The summed E-state index contributed by atoms with van der Waals surface area (Å²) < 4.78 is 14.1. The van der Waals surface area contributed by atoms with Crippen molar-refractivity contribution in [3.8, 4) is 16.4 Å². The highest BCUT2D eigenvalue weighted by atomic mass is 32.1. The molecule has 0 bridgehead atoms. The molecular weight excluding hydrogens is 452 g/mol. The summed E-state index contributed by atoms with van der Waals surface area (Å²) in [5, 5.41) is 6.31. The zero-order valence-corrected chi connectivity index (χ0v) is 20.2. The molecule has 0 N–H and O–H groups in total. The van der Waals surface area contributed by atoms with Crippen LogP contribution in [0.2, 0.25) is 0 Å². The average Bonchev–Trinajstić information content (AvgIpc) is 3.58. The molecule has 0 aliphatic heterocycles. The van der Waals surface area contributed by atoms with Crippen LogP contribution in [0.25, 0.3) is 16.4 Å². The number of hydrogen-bond acceptors (Lipinski definition) is 7. The SMILES string of the molecule is COCCCn1c(C)cc(C(=O)COC(=O)c2nc(-c3cccs3)n(-c3ccccc3)n2)c1C. The maximum atomic E-state index is 12.8. The Labute approximate surface area is 201 Å². The molecule has 3 aromatic heterocycles. The molecule has 4 aromatic rings. The van der Waals surface area contributed by atoms with Gasteiger partial charge in [0.1, 0.15) is 0 Å². The number of rotatable bonds is 10. The van der Waals surface area contributed by atoms with Crippen molar-refractivity contribution >= 4 is 23.1 Å². The Morgan fingerprint density at radius 3 is 2.59 bits per heavy atom. The maximum absolute atomic E-state index is 12.8. The first-order valence-electron chi connectivity index (χ1n) is 10.9. The minimum Gasteiger partial charge on any atom is -0.451 e. The van der Waals surface area contributed by atoms with Crippen LogP contribution in [0.1, 0.15) is 38.8 Å². The number of carbonyl (C=O) groups is 2. The van der Waals surface area contributed by atoms with Crippen LogP contribution in [0, 0.1) is 13.8 Å². The van der Waals surface area contributed by atoms with Crippen molar-refractivity contribution in [2.75, 3.05) is 20.3 Å². The van der Waals surface area contributed by atoms with Gasteiger partial charge >= 0.3 is 5.97 Å². The number of para-hydroxylation sites is 1. The van der Waals surface area contributed by atoms with Gasteiger partial charge < -0.3 is 14.0 Å². The molecule has 4 rings (SSSR count). The number of methoxy groups -OCH3 is 1. The van der Waals surface area contributed by atoms with Gasteiger partial charge in [-0.05, 0) is 49.9 Å². The molecule has 8 nitrogen and oxygen atoms in total. The van der Waals surface area contributed by atoms with Crippen LogP contribution >= 0.6 is 11.3 Å². The Balaban J connectivity index is 1.50. The van der Waals surface area contributed by atoms with E-state index in [0.717, 1.165) is 34.9 Å². The smallest absolute Gasteiger partial charge is 0.378 e. The molecule has 0 unspecified atom stereocenters. The Hall–Kier alpha value is -3.56. The second-order valence-electron chi connectivity index (χ2n) is 7.77. The lowest BCUT2D eigenvalue weighted by Gasteiger charge is -2.09. The standard InChI is InChI=1S/C25H26N4O4S/c1-17-15-20(18(2)28(17)12-8-13-32-3)21(30)16-33-25(31)23-26-24(22-11-7-14-34-22)29(27-23)19-9-5-4-6-10-19/h4-7,9-11,14-15H,8,12-13,16H2,1-3H3. The van der Waals surface area contributed by atoms with Crippen LogP contribution in [-0.2, 0) is 16.0 Å². The fourth-order valence-corrected chi connectivity index (χ4v) is 4.48. The van der Waals surface area contributed by atoms with Gasteiger partial charge in [0.15, 0.2) is 12.4 Å². The Bertz CT molecular complexity index is 1280. The van der Waals surface area contributed by atoms with Gasteiger partial charge in [0.25, 0.3) is 5.82 Å². The molecule has 0 fully saturated rings. The molecule has 34 heavy (non-hydrogen) atoms. The van der Waals surface area contributed by atoms with E-state index in [2.05, 4.69) is 14.6 Å². The van der Waals surface area contributed by atoms with Crippen molar-refractivity contribution in [3.63, 3.8) is 0 Å². The van der Waals surface area contributed by atoms with Crippen LogP contribution in [0.4, 0.5) is 0 Å². The summed E-state index contributed by atoms with van der Waals surface area (Å²) in [5.41, 5.74) is 3.15. The van der Waals surface area contributed by atoms with E-state index < -0.39 is 5.97 Å². The van der Waals surface area contributed by atoms with E-state index in [1.807, 2.05) is 67.8 Å². The maximum Gasteiger partial charge on any atom is 0.378 e. The van der Waals surface area contributed by atoms with Crippen LogP contribution in [0.15, 0.2) is 53.9 Å². The minimum absolute atomic E-state index is 0.0925. The first kappa shape index (κ1) is 23.6. The van der Waals surface area contributed by atoms with Gasteiger partial charge in [0.2, 0.25) is 5.78 Å². The Morgan fingerprint density at radius 1 is 1.09 bits per heavy atom. The number of carbonyl (C=O) groups excluding carboxylic acids is 2. The van der Waals surface area contributed by atoms with Gasteiger partial charge in [-0.1, -0.05) is 24.3 Å². The largest absolute Gasteiger partial charge is 0.451 e. The van der Waals surface area contributed by atoms with E-state index in [1.54, 1.807) is 11.8 Å². The number of Topliss-reactive ketones (excluding diaryl/α,β-unsaturated/α-hetero) is 1. The molecule has 0 radical (unpaired) electrons. The second kappa shape index (κ2) is 10.6. The first-order valence-corrected chi connectivity index (χ1v) is 11.8. The summed E-state index contributed by atoms with van der Waals surface area (Å²) in [4.78, 5) is 30.9. The first-order chi connectivity index (χ1) is 16.5. The van der Waals surface area contributed by atoms with Gasteiger partial charge in [0, 0.05) is 37.2 Å². The van der Waals surface area contributed by atoms with E-state index in [4.69, 9.17) is 9.47 Å². The number of benzene rings is 1. The number of ether oxygens (including phenoxy) is 2. The molecule has 0 aliphatic rings.